The van der Waals surface area contributed by atoms with Crippen molar-refractivity contribution in [2.24, 2.45) is 0 Å². The van der Waals surface area contributed by atoms with E-state index in [1.807, 2.05) is 30.3 Å². The molecule has 0 aliphatic rings. The molecule has 0 aliphatic carbocycles. The largest absolute Gasteiger partial charge is 0.326 e. The standard InChI is InChI=1S/C20H16Cl2N2O3S/c21-15-6-11-19(18(22)13-15)24-28(26,27)17-9-7-16(8-10-17)23-20(25)12-14-4-2-1-3-5-14/h1-11,13,24H,12H2,(H,23,25). The highest BCUT2D eigenvalue weighted by atomic mass is 35.5. The molecule has 0 unspecified atom stereocenters. The van der Waals surface area contributed by atoms with Crippen LogP contribution in [-0.4, -0.2) is 14.3 Å². The fraction of sp³-hybridized carbons (Fsp3) is 0.0500. The van der Waals surface area contributed by atoms with E-state index >= 15 is 0 Å². The van der Waals surface area contributed by atoms with Gasteiger partial charge in [0.05, 0.1) is 22.0 Å². The summed E-state index contributed by atoms with van der Waals surface area (Å²) in [7, 11) is -3.83. The number of carbonyl (C=O) groups excluding carboxylic acids is 1. The molecule has 28 heavy (non-hydrogen) atoms. The van der Waals surface area contributed by atoms with E-state index in [0.29, 0.717) is 10.7 Å². The van der Waals surface area contributed by atoms with E-state index in [1.165, 1.54) is 42.5 Å². The highest BCUT2D eigenvalue weighted by molar-refractivity contribution is 7.92. The highest BCUT2D eigenvalue weighted by Crippen LogP contribution is 2.27. The molecule has 0 saturated carbocycles. The number of anilines is 2. The van der Waals surface area contributed by atoms with Crippen LogP contribution in [0.3, 0.4) is 0 Å². The summed E-state index contributed by atoms with van der Waals surface area (Å²) in [6.07, 6.45) is 0.234. The average molecular weight is 435 g/mol. The van der Waals surface area contributed by atoms with Crippen LogP contribution in [0.15, 0.2) is 77.7 Å². The zero-order chi connectivity index (χ0) is 20.1. The summed E-state index contributed by atoms with van der Waals surface area (Å²) in [5.41, 5.74) is 1.62. The van der Waals surface area contributed by atoms with Crippen LogP contribution in [-0.2, 0) is 21.2 Å². The van der Waals surface area contributed by atoms with Crippen LogP contribution in [0.1, 0.15) is 5.56 Å². The van der Waals surface area contributed by atoms with Gasteiger partial charge in [-0.1, -0.05) is 53.5 Å². The predicted octanol–water partition coefficient (Wildman–Crippen LogP) is 4.98. The highest BCUT2D eigenvalue weighted by Gasteiger charge is 2.16. The molecule has 0 fully saturated rings. The Kier molecular flexibility index (Phi) is 6.24. The number of rotatable bonds is 6. The molecule has 0 atom stereocenters. The Morgan fingerprint density at radius 1 is 0.893 bits per heavy atom. The van der Waals surface area contributed by atoms with Crippen LogP contribution in [0.2, 0.25) is 10.0 Å². The smallest absolute Gasteiger partial charge is 0.261 e. The summed E-state index contributed by atoms with van der Waals surface area (Å²) in [6, 6.07) is 19.7. The van der Waals surface area contributed by atoms with Gasteiger partial charge in [0.2, 0.25) is 5.91 Å². The molecule has 8 heteroatoms. The van der Waals surface area contributed by atoms with E-state index in [9.17, 15) is 13.2 Å². The zero-order valence-corrected chi connectivity index (χ0v) is 16.9. The number of carbonyl (C=O) groups is 1. The summed E-state index contributed by atoms with van der Waals surface area (Å²) in [4.78, 5) is 12.1. The first-order valence-corrected chi connectivity index (χ1v) is 10.5. The molecule has 0 aromatic heterocycles. The fourth-order valence-corrected chi connectivity index (χ4v) is 4.07. The summed E-state index contributed by atoms with van der Waals surface area (Å²) in [6.45, 7) is 0. The predicted molar refractivity (Wildman–Crippen MR) is 112 cm³/mol. The second-order valence-electron chi connectivity index (χ2n) is 5.96. The number of halogens is 2. The monoisotopic (exact) mass is 434 g/mol. The van der Waals surface area contributed by atoms with Crippen LogP contribution in [0.4, 0.5) is 11.4 Å². The van der Waals surface area contributed by atoms with Crippen molar-refractivity contribution in [3.63, 3.8) is 0 Å². The van der Waals surface area contributed by atoms with Crippen molar-refractivity contribution in [2.75, 3.05) is 10.0 Å². The molecule has 0 bridgehead atoms. The molecule has 0 spiro atoms. The first kappa shape index (κ1) is 20.2. The number of amides is 1. The maximum atomic E-state index is 12.5. The third-order valence-corrected chi connectivity index (χ3v) is 5.76. The van der Waals surface area contributed by atoms with Gasteiger partial charge in [-0.25, -0.2) is 8.42 Å². The van der Waals surface area contributed by atoms with Crippen molar-refractivity contribution in [2.45, 2.75) is 11.3 Å². The van der Waals surface area contributed by atoms with Crippen molar-refractivity contribution in [1.29, 1.82) is 0 Å². The quantitative estimate of drug-likeness (QED) is 0.574. The summed E-state index contributed by atoms with van der Waals surface area (Å²) >= 11 is 11.8. The minimum atomic E-state index is -3.83. The topological polar surface area (TPSA) is 75.3 Å². The molecule has 3 aromatic rings. The number of hydrogen-bond donors (Lipinski definition) is 2. The lowest BCUT2D eigenvalue weighted by Gasteiger charge is -2.11. The molecule has 0 aliphatic heterocycles. The van der Waals surface area contributed by atoms with Crippen LogP contribution < -0.4 is 10.0 Å². The molecule has 144 valence electrons. The van der Waals surface area contributed by atoms with Crippen molar-refractivity contribution >= 4 is 50.5 Å². The maximum Gasteiger partial charge on any atom is 0.261 e. The Morgan fingerprint density at radius 3 is 2.21 bits per heavy atom. The normalized spacial score (nSPS) is 11.1. The average Bonchev–Trinajstić information content (AvgIpc) is 2.65. The first-order valence-electron chi connectivity index (χ1n) is 8.25. The Balaban J connectivity index is 1.68. The van der Waals surface area contributed by atoms with E-state index in [4.69, 9.17) is 23.2 Å². The molecular weight excluding hydrogens is 419 g/mol. The number of benzene rings is 3. The zero-order valence-electron chi connectivity index (χ0n) is 14.5. The third kappa shape index (κ3) is 5.25. The summed E-state index contributed by atoms with van der Waals surface area (Å²) < 4.78 is 27.5. The Bertz CT molecular complexity index is 1090. The van der Waals surface area contributed by atoms with E-state index in [2.05, 4.69) is 10.0 Å². The lowest BCUT2D eigenvalue weighted by molar-refractivity contribution is -0.115. The van der Waals surface area contributed by atoms with E-state index in [1.54, 1.807) is 0 Å². The third-order valence-electron chi connectivity index (χ3n) is 3.83. The molecule has 2 N–H and O–H groups in total. The lowest BCUT2D eigenvalue weighted by Crippen LogP contribution is -2.15. The van der Waals surface area contributed by atoms with Gasteiger partial charge in [0.25, 0.3) is 10.0 Å². The minimum absolute atomic E-state index is 0.0413. The Morgan fingerprint density at radius 2 is 1.57 bits per heavy atom. The van der Waals surface area contributed by atoms with E-state index < -0.39 is 10.0 Å². The summed E-state index contributed by atoms with van der Waals surface area (Å²) in [5.74, 6) is -0.187. The van der Waals surface area contributed by atoms with Crippen molar-refractivity contribution in [3.8, 4) is 0 Å². The van der Waals surface area contributed by atoms with Gasteiger partial charge >= 0.3 is 0 Å². The molecular formula is C20H16Cl2N2O3S. The molecule has 0 saturated heterocycles. The molecule has 1 amide bonds. The van der Waals surface area contributed by atoms with Crippen LogP contribution in [0, 0.1) is 0 Å². The molecule has 3 aromatic carbocycles. The number of nitrogens with one attached hydrogen (secondary N) is 2. The van der Waals surface area contributed by atoms with Crippen molar-refractivity contribution in [3.05, 3.63) is 88.4 Å². The van der Waals surface area contributed by atoms with Gasteiger partial charge in [0, 0.05) is 10.7 Å². The van der Waals surface area contributed by atoms with Gasteiger partial charge in [-0.05, 0) is 48.0 Å². The van der Waals surface area contributed by atoms with E-state index in [-0.39, 0.29) is 27.9 Å². The fourth-order valence-electron chi connectivity index (χ4n) is 2.48. The van der Waals surface area contributed by atoms with Gasteiger partial charge in [0.1, 0.15) is 0 Å². The number of hydrogen-bond acceptors (Lipinski definition) is 3. The second-order valence-corrected chi connectivity index (χ2v) is 8.49. The second kappa shape index (κ2) is 8.65. The van der Waals surface area contributed by atoms with Crippen LogP contribution >= 0.6 is 23.2 Å². The van der Waals surface area contributed by atoms with Crippen molar-refractivity contribution < 1.29 is 13.2 Å². The van der Waals surface area contributed by atoms with Gasteiger partial charge in [-0.2, -0.15) is 0 Å². The number of sulfonamides is 1. The Hall–Kier alpha value is -2.54. The minimum Gasteiger partial charge on any atom is -0.326 e. The lowest BCUT2D eigenvalue weighted by atomic mass is 10.1. The molecule has 0 radical (unpaired) electrons. The molecule has 3 rings (SSSR count). The van der Waals surface area contributed by atoms with Crippen LogP contribution in [0.25, 0.3) is 0 Å². The first-order chi connectivity index (χ1) is 13.3. The van der Waals surface area contributed by atoms with E-state index in [0.717, 1.165) is 5.56 Å². The van der Waals surface area contributed by atoms with Crippen LogP contribution in [0.5, 0.6) is 0 Å². The SMILES string of the molecule is O=C(Cc1ccccc1)Nc1ccc(S(=O)(=O)Nc2ccc(Cl)cc2Cl)cc1. The summed E-state index contributed by atoms with van der Waals surface area (Å²) in [5, 5.41) is 3.35. The molecule has 0 heterocycles. The van der Waals surface area contributed by atoms with Gasteiger partial charge in [-0.3, -0.25) is 9.52 Å². The molecule has 5 nitrogen and oxygen atoms in total. The van der Waals surface area contributed by atoms with Crippen molar-refractivity contribution in [1.82, 2.24) is 0 Å². The van der Waals surface area contributed by atoms with Gasteiger partial charge < -0.3 is 5.32 Å². The Labute approximate surface area is 173 Å². The maximum absolute atomic E-state index is 12.5. The van der Waals surface area contributed by atoms with Gasteiger partial charge in [-0.15, -0.1) is 0 Å². The van der Waals surface area contributed by atoms with Gasteiger partial charge in [0.15, 0.2) is 0 Å².